The highest BCUT2D eigenvalue weighted by atomic mass is 15.0. The maximum Gasteiger partial charge on any atom is 0.0541 e. The Balaban J connectivity index is 1.12. The highest BCUT2D eigenvalue weighted by Crippen LogP contribution is 2.34. The highest BCUT2D eigenvalue weighted by molar-refractivity contribution is 6.10. The minimum Gasteiger partial charge on any atom is -0.309 e. The van der Waals surface area contributed by atoms with E-state index in [9.17, 15) is 0 Å². The zero-order chi connectivity index (χ0) is 28.2. The first-order valence-electron chi connectivity index (χ1n) is 14.4. The van der Waals surface area contributed by atoms with E-state index >= 15 is 0 Å². The fraction of sp³-hybridized carbons (Fsp3) is 0.0500. The molecule has 2 nitrogen and oxygen atoms in total. The molecule has 0 unspecified atom stereocenters. The Labute approximate surface area is 245 Å². The lowest BCUT2D eigenvalue weighted by Crippen LogP contribution is -1.94. The summed E-state index contributed by atoms with van der Waals surface area (Å²) in [7, 11) is 0. The fourth-order valence-corrected chi connectivity index (χ4v) is 6.26. The molecule has 6 aromatic carbocycles. The summed E-state index contributed by atoms with van der Waals surface area (Å²) in [4.78, 5) is 0. The molecule has 0 aliphatic rings. The van der Waals surface area contributed by atoms with Crippen molar-refractivity contribution in [3.8, 4) is 23.2 Å². The lowest BCUT2D eigenvalue weighted by atomic mass is 10.1. The van der Waals surface area contributed by atoms with Crippen molar-refractivity contribution in [1.82, 2.24) is 9.13 Å². The van der Waals surface area contributed by atoms with E-state index in [0.717, 1.165) is 22.5 Å². The van der Waals surface area contributed by atoms with Gasteiger partial charge in [0.2, 0.25) is 0 Å². The topological polar surface area (TPSA) is 9.86 Å². The lowest BCUT2D eigenvalue weighted by molar-refractivity contribution is 1.18. The molecule has 0 atom stereocenters. The Hall–Kier alpha value is -5.52. The third-order valence-corrected chi connectivity index (χ3v) is 8.26. The number of aromatic nitrogens is 2. The van der Waals surface area contributed by atoms with Crippen LogP contribution < -0.4 is 0 Å². The fourth-order valence-electron chi connectivity index (χ4n) is 6.26. The molecule has 2 aromatic heterocycles. The molecular formula is C40H28N2. The second-order valence-corrected chi connectivity index (χ2v) is 11.1. The van der Waals surface area contributed by atoms with Gasteiger partial charge in [0.05, 0.1) is 22.1 Å². The van der Waals surface area contributed by atoms with E-state index in [1.807, 2.05) is 0 Å². The van der Waals surface area contributed by atoms with Crippen LogP contribution in [0.25, 0.3) is 55.0 Å². The summed E-state index contributed by atoms with van der Waals surface area (Å²) in [6.07, 6.45) is 0. The Kier molecular flexibility index (Phi) is 5.52. The molecule has 2 heteroatoms. The molecule has 0 saturated heterocycles. The lowest BCUT2D eigenvalue weighted by Gasteiger charge is -2.08. The van der Waals surface area contributed by atoms with Crippen LogP contribution >= 0.6 is 0 Å². The van der Waals surface area contributed by atoms with Gasteiger partial charge in [0.25, 0.3) is 0 Å². The maximum atomic E-state index is 3.37. The Bertz CT molecular complexity index is 2240. The number of benzene rings is 6. The molecule has 0 saturated carbocycles. The van der Waals surface area contributed by atoms with Gasteiger partial charge in [-0.25, -0.2) is 0 Å². The average Bonchev–Trinajstić information content (AvgIpc) is 3.53. The molecule has 0 radical (unpaired) electrons. The van der Waals surface area contributed by atoms with Crippen molar-refractivity contribution in [3.05, 3.63) is 156 Å². The number of hydrogen-bond donors (Lipinski definition) is 0. The number of aryl methyl sites for hydroxylation is 2. The molecule has 0 N–H and O–H groups in total. The first-order valence-corrected chi connectivity index (χ1v) is 14.4. The predicted octanol–water partition coefficient (Wildman–Crippen LogP) is 9.90. The van der Waals surface area contributed by atoms with Gasteiger partial charge in [-0.3, -0.25) is 0 Å². The van der Waals surface area contributed by atoms with Gasteiger partial charge in [0, 0.05) is 44.0 Å². The van der Waals surface area contributed by atoms with Crippen LogP contribution in [0.4, 0.5) is 0 Å². The first kappa shape index (κ1) is 24.3. The number of nitrogens with zero attached hydrogens (tertiary/aromatic N) is 2. The van der Waals surface area contributed by atoms with E-state index in [-0.39, 0.29) is 0 Å². The number of fused-ring (bicyclic) bond motifs is 6. The van der Waals surface area contributed by atoms with Gasteiger partial charge in [0.15, 0.2) is 0 Å². The molecule has 0 aliphatic carbocycles. The summed E-state index contributed by atoms with van der Waals surface area (Å²) in [6.45, 7) is 4.31. The third kappa shape index (κ3) is 3.91. The van der Waals surface area contributed by atoms with Crippen molar-refractivity contribution in [2.45, 2.75) is 13.8 Å². The van der Waals surface area contributed by atoms with Crippen molar-refractivity contribution in [2.75, 3.05) is 0 Å². The van der Waals surface area contributed by atoms with Crippen LogP contribution in [-0.2, 0) is 0 Å². The van der Waals surface area contributed by atoms with Crippen molar-refractivity contribution in [3.63, 3.8) is 0 Å². The average molecular weight is 537 g/mol. The van der Waals surface area contributed by atoms with E-state index in [1.165, 1.54) is 54.7 Å². The second kappa shape index (κ2) is 9.54. The predicted molar refractivity (Wildman–Crippen MR) is 177 cm³/mol. The summed E-state index contributed by atoms with van der Waals surface area (Å²) in [5, 5.41) is 5.13. The van der Waals surface area contributed by atoms with E-state index in [4.69, 9.17) is 0 Å². The molecule has 0 amide bonds. The van der Waals surface area contributed by atoms with Gasteiger partial charge in [-0.05, 0) is 98.8 Å². The summed E-state index contributed by atoms with van der Waals surface area (Å²) < 4.78 is 4.69. The minimum atomic E-state index is 0.997. The van der Waals surface area contributed by atoms with Crippen LogP contribution in [0.2, 0.25) is 0 Å². The van der Waals surface area contributed by atoms with E-state index in [0.29, 0.717) is 0 Å². The molecule has 8 aromatic rings. The molecule has 0 bridgehead atoms. The molecule has 198 valence electrons. The van der Waals surface area contributed by atoms with Gasteiger partial charge < -0.3 is 9.13 Å². The van der Waals surface area contributed by atoms with Crippen molar-refractivity contribution in [2.24, 2.45) is 0 Å². The Morgan fingerprint density at radius 1 is 0.381 bits per heavy atom. The molecule has 0 fully saturated rings. The van der Waals surface area contributed by atoms with Gasteiger partial charge in [-0.15, -0.1) is 0 Å². The molecule has 2 heterocycles. The van der Waals surface area contributed by atoms with Crippen molar-refractivity contribution >= 4 is 43.6 Å². The van der Waals surface area contributed by atoms with Gasteiger partial charge in [-0.1, -0.05) is 71.5 Å². The standard InChI is InChI=1S/C40H28N2/c1-27-11-23-39-35(25-27)36-26-28(2)12-24-40(36)42(39)32-21-17-30(18-22-32)14-13-29-15-19-31(20-16-29)41-37-9-5-3-7-33(37)34-8-4-6-10-38(34)41/h3-12,15-26H,1-2H3. The van der Waals surface area contributed by atoms with Crippen molar-refractivity contribution < 1.29 is 0 Å². The maximum absolute atomic E-state index is 3.37. The van der Waals surface area contributed by atoms with Crippen LogP contribution in [0, 0.1) is 25.7 Å². The largest absolute Gasteiger partial charge is 0.309 e. The second-order valence-electron chi connectivity index (χ2n) is 11.1. The van der Waals surface area contributed by atoms with E-state index < -0.39 is 0 Å². The summed E-state index contributed by atoms with van der Waals surface area (Å²) in [5.74, 6) is 6.74. The highest BCUT2D eigenvalue weighted by Gasteiger charge is 2.13. The summed E-state index contributed by atoms with van der Waals surface area (Å²) >= 11 is 0. The normalized spacial score (nSPS) is 11.4. The van der Waals surface area contributed by atoms with Crippen LogP contribution in [0.1, 0.15) is 22.3 Å². The number of hydrogen-bond acceptors (Lipinski definition) is 0. The molecular weight excluding hydrogens is 508 g/mol. The smallest absolute Gasteiger partial charge is 0.0541 e. The van der Waals surface area contributed by atoms with Gasteiger partial charge in [-0.2, -0.15) is 0 Å². The Morgan fingerprint density at radius 2 is 0.762 bits per heavy atom. The first-order chi connectivity index (χ1) is 20.6. The molecule has 0 spiro atoms. The summed E-state index contributed by atoms with van der Waals surface area (Å²) in [6, 6.07) is 47.8. The van der Waals surface area contributed by atoms with Crippen LogP contribution in [0.15, 0.2) is 133 Å². The van der Waals surface area contributed by atoms with E-state index in [1.54, 1.807) is 0 Å². The van der Waals surface area contributed by atoms with Crippen LogP contribution in [0.5, 0.6) is 0 Å². The van der Waals surface area contributed by atoms with Crippen molar-refractivity contribution in [1.29, 1.82) is 0 Å². The summed E-state index contributed by atoms with van der Waals surface area (Å²) in [5.41, 5.74) is 11.7. The van der Waals surface area contributed by atoms with Gasteiger partial charge >= 0.3 is 0 Å². The number of para-hydroxylation sites is 2. The zero-order valence-corrected chi connectivity index (χ0v) is 23.6. The minimum absolute atomic E-state index is 0.997. The van der Waals surface area contributed by atoms with Gasteiger partial charge in [0.1, 0.15) is 0 Å². The molecule has 8 rings (SSSR count). The van der Waals surface area contributed by atoms with Crippen LogP contribution in [-0.4, -0.2) is 9.13 Å². The Morgan fingerprint density at radius 3 is 1.19 bits per heavy atom. The SMILES string of the molecule is Cc1ccc2c(c1)c1cc(C)ccc1n2-c1ccc(C#Cc2ccc(-n3c4ccccc4c4ccccc43)cc2)cc1. The quantitative estimate of drug-likeness (QED) is 0.195. The molecule has 0 aliphatic heterocycles. The monoisotopic (exact) mass is 536 g/mol. The van der Waals surface area contributed by atoms with Crippen LogP contribution in [0.3, 0.4) is 0 Å². The third-order valence-electron chi connectivity index (χ3n) is 8.26. The number of rotatable bonds is 2. The molecule has 42 heavy (non-hydrogen) atoms. The zero-order valence-electron chi connectivity index (χ0n) is 23.6. The van der Waals surface area contributed by atoms with E-state index in [2.05, 4.69) is 168 Å².